The molecule has 3 rings (SSSR count). The fourth-order valence-electron chi connectivity index (χ4n) is 2.28. The number of nitrogens with one attached hydrogen (secondary N) is 1. The highest BCUT2D eigenvalue weighted by Crippen LogP contribution is 2.32. The number of methoxy groups -OCH3 is 2. The van der Waals surface area contributed by atoms with Crippen LogP contribution in [-0.4, -0.2) is 26.3 Å². The Bertz CT molecular complexity index is 916. The van der Waals surface area contributed by atoms with Gasteiger partial charge in [-0.25, -0.2) is 5.43 Å². The summed E-state index contributed by atoms with van der Waals surface area (Å²) >= 11 is 6.16. The van der Waals surface area contributed by atoms with Gasteiger partial charge in [0.1, 0.15) is 5.58 Å². The van der Waals surface area contributed by atoms with Gasteiger partial charge in [0.25, 0.3) is 0 Å². The first kappa shape index (κ1) is 16.9. The standard InChI is InChI=1S/C18H15ClN2O4/c1-23-15-8-12(13(19)9-16(15)24-2)10-20-21-18(22)17-7-11-5-3-4-6-14(11)25-17/h3-10H,1-2H3,(H,21,22). The van der Waals surface area contributed by atoms with E-state index in [-0.39, 0.29) is 5.76 Å². The van der Waals surface area contributed by atoms with Crippen LogP contribution in [0.3, 0.4) is 0 Å². The third-order valence-corrected chi connectivity index (χ3v) is 3.85. The molecule has 1 N–H and O–H groups in total. The molecule has 2 aromatic carbocycles. The maximum Gasteiger partial charge on any atom is 0.307 e. The summed E-state index contributed by atoms with van der Waals surface area (Å²) in [6.45, 7) is 0. The van der Waals surface area contributed by atoms with E-state index in [1.165, 1.54) is 20.4 Å². The number of rotatable bonds is 5. The number of halogens is 1. The molecule has 25 heavy (non-hydrogen) atoms. The summed E-state index contributed by atoms with van der Waals surface area (Å²) in [4.78, 5) is 12.1. The molecule has 0 saturated carbocycles. The molecule has 1 aromatic heterocycles. The summed E-state index contributed by atoms with van der Waals surface area (Å²) in [5, 5.41) is 5.18. The average Bonchev–Trinajstić information content (AvgIpc) is 3.06. The summed E-state index contributed by atoms with van der Waals surface area (Å²) in [5.74, 6) is 0.744. The number of para-hydroxylation sites is 1. The molecule has 0 aliphatic heterocycles. The Kier molecular flexibility index (Phi) is 4.90. The summed E-state index contributed by atoms with van der Waals surface area (Å²) in [6, 6.07) is 12.3. The first-order chi connectivity index (χ1) is 12.1. The van der Waals surface area contributed by atoms with Gasteiger partial charge in [0, 0.05) is 17.0 Å². The van der Waals surface area contributed by atoms with Gasteiger partial charge >= 0.3 is 5.91 Å². The van der Waals surface area contributed by atoms with Crippen molar-refractivity contribution in [1.82, 2.24) is 5.43 Å². The summed E-state index contributed by atoms with van der Waals surface area (Å²) in [5.41, 5.74) is 3.62. The molecule has 6 nitrogen and oxygen atoms in total. The van der Waals surface area contributed by atoms with E-state index in [2.05, 4.69) is 10.5 Å². The van der Waals surface area contributed by atoms with Crippen molar-refractivity contribution in [1.29, 1.82) is 0 Å². The Morgan fingerprint density at radius 2 is 1.88 bits per heavy atom. The van der Waals surface area contributed by atoms with E-state index in [1.807, 2.05) is 18.2 Å². The first-order valence-electron chi connectivity index (χ1n) is 7.36. The van der Waals surface area contributed by atoms with Crippen molar-refractivity contribution in [2.45, 2.75) is 0 Å². The lowest BCUT2D eigenvalue weighted by Crippen LogP contribution is -2.16. The topological polar surface area (TPSA) is 73.1 Å². The summed E-state index contributed by atoms with van der Waals surface area (Å²) < 4.78 is 15.9. The van der Waals surface area contributed by atoms with Crippen LogP contribution in [0.4, 0.5) is 0 Å². The number of benzene rings is 2. The molecule has 0 bridgehead atoms. The van der Waals surface area contributed by atoms with Gasteiger partial charge < -0.3 is 13.9 Å². The van der Waals surface area contributed by atoms with Gasteiger partial charge in [-0.3, -0.25) is 4.79 Å². The molecule has 3 aromatic rings. The van der Waals surface area contributed by atoms with Crippen molar-refractivity contribution in [3.05, 3.63) is 58.8 Å². The van der Waals surface area contributed by atoms with Crippen LogP contribution in [0.15, 0.2) is 52.0 Å². The zero-order valence-electron chi connectivity index (χ0n) is 13.6. The molecule has 0 fully saturated rings. The van der Waals surface area contributed by atoms with Crippen LogP contribution in [0.5, 0.6) is 11.5 Å². The van der Waals surface area contributed by atoms with Crippen LogP contribution in [0.1, 0.15) is 16.1 Å². The van der Waals surface area contributed by atoms with Gasteiger partial charge in [0.15, 0.2) is 17.3 Å². The predicted molar refractivity (Wildman–Crippen MR) is 95.8 cm³/mol. The number of carbonyl (C=O) groups excluding carboxylic acids is 1. The van der Waals surface area contributed by atoms with E-state index in [1.54, 1.807) is 24.3 Å². The van der Waals surface area contributed by atoms with Gasteiger partial charge in [-0.05, 0) is 18.2 Å². The Labute approximate surface area is 149 Å². The fraction of sp³-hybridized carbons (Fsp3) is 0.111. The second kappa shape index (κ2) is 7.27. The number of nitrogens with zero attached hydrogens (tertiary/aromatic N) is 1. The Morgan fingerprint density at radius 1 is 1.16 bits per heavy atom. The normalized spacial score (nSPS) is 11.0. The highest BCUT2D eigenvalue weighted by Gasteiger charge is 2.12. The zero-order valence-corrected chi connectivity index (χ0v) is 14.3. The number of hydrogen-bond acceptors (Lipinski definition) is 5. The number of furan rings is 1. The van der Waals surface area contributed by atoms with E-state index >= 15 is 0 Å². The number of ether oxygens (including phenoxy) is 2. The minimum absolute atomic E-state index is 0.178. The van der Waals surface area contributed by atoms with E-state index in [9.17, 15) is 4.79 Å². The SMILES string of the molecule is COc1cc(Cl)c(C=NNC(=O)c2cc3ccccc3o2)cc1OC. The molecular weight excluding hydrogens is 344 g/mol. The molecule has 0 spiro atoms. The van der Waals surface area contributed by atoms with Crippen LogP contribution in [-0.2, 0) is 0 Å². The van der Waals surface area contributed by atoms with Crippen molar-refractivity contribution in [2.75, 3.05) is 14.2 Å². The third kappa shape index (κ3) is 3.59. The van der Waals surface area contributed by atoms with Crippen molar-refractivity contribution in [3.8, 4) is 11.5 Å². The van der Waals surface area contributed by atoms with Crippen LogP contribution in [0.25, 0.3) is 11.0 Å². The number of carbonyl (C=O) groups is 1. The molecule has 0 unspecified atom stereocenters. The van der Waals surface area contributed by atoms with Crippen LogP contribution in [0, 0.1) is 0 Å². The lowest BCUT2D eigenvalue weighted by Gasteiger charge is -2.09. The average molecular weight is 359 g/mol. The van der Waals surface area contributed by atoms with Crippen molar-refractivity contribution in [3.63, 3.8) is 0 Å². The molecule has 0 radical (unpaired) electrons. The Morgan fingerprint density at radius 3 is 2.60 bits per heavy atom. The molecule has 128 valence electrons. The van der Waals surface area contributed by atoms with Crippen LogP contribution < -0.4 is 14.9 Å². The van der Waals surface area contributed by atoms with Crippen LogP contribution >= 0.6 is 11.6 Å². The lowest BCUT2D eigenvalue weighted by molar-refractivity contribution is 0.0929. The van der Waals surface area contributed by atoms with Gasteiger partial charge in [-0.2, -0.15) is 5.10 Å². The molecule has 0 aliphatic carbocycles. The Hall–Kier alpha value is -2.99. The molecule has 1 amide bonds. The summed E-state index contributed by atoms with van der Waals surface area (Å²) in [6.07, 6.45) is 1.42. The number of hydrogen-bond donors (Lipinski definition) is 1. The smallest absolute Gasteiger partial charge is 0.307 e. The second-order valence-corrected chi connectivity index (χ2v) is 5.48. The third-order valence-electron chi connectivity index (χ3n) is 3.52. The minimum atomic E-state index is -0.455. The number of hydrazone groups is 1. The molecule has 1 heterocycles. The molecule has 0 saturated heterocycles. The first-order valence-corrected chi connectivity index (χ1v) is 7.73. The van der Waals surface area contributed by atoms with Gasteiger partial charge in [-0.15, -0.1) is 0 Å². The zero-order chi connectivity index (χ0) is 17.8. The van der Waals surface area contributed by atoms with Gasteiger partial charge in [-0.1, -0.05) is 29.8 Å². The number of fused-ring (bicyclic) bond motifs is 1. The molecule has 0 aliphatic rings. The maximum atomic E-state index is 12.1. The van der Waals surface area contributed by atoms with E-state index < -0.39 is 5.91 Å². The van der Waals surface area contributed by atoms with Gasteiger partial charge in [0.05, 0.1) is 25.5 Å². The largest absolute Gasteiger partial charge is 0.493 e. The van der Waals surface area contributed by atoms with Crippen molar-refractivity contribution < 1.29 is 18.7 Å². The minimum Gasteiger partial charge on any atom is -0.493 e. The Balaban J connectivity index is 1.75. The van der Waals surface area contributed by atoms with Gasteiger partial charge in [0.2, 0.25) is 0 Å². The monoisotopic (exact) mass is 358 g/mol. The maximum absolute atomic E-state index is 12.1. The quantitative estimate of drug-likeness (QED) is 0.555. The second-order valence-electron chi connectivity index (χ2n) is 5.08. The highest BCUT2D eigenvalue weighted by atomic mass is 35.5. The molecular formula is C18H15ClN2O4. The molecule has 7 heteroatoms. The predicted octanol–water partition coefficient (Wildman–Crippen LogP) is 3.87. The van der Waals surface area contributed by atoms with Crippen molar-refractivity contribution in [2.24, 2.45) is 5.10 Å². The van der Waals surface area contributed by atoms with E-state index in [0.717, 1.165) is 5.39 Å². The fourth-order valence-corrected chi connectivity index (χ4v) is 2.48. The molecule has 0 atom stereocenters. The summed E-state index contributed by atoms with van der Waals surface area (Å²) in [7, 11) is 3.05. The lowest BCUT2D eigenvalue weighted by atomic mass is 10.2. The van der Waals surface area contributed by atoms with E-state index in [0.29, 0.717) is 27.7 Å². The van der Waals surface area contributed by atoms with E-state index in [4.69, 9.17) is 25.5 Å². The highest BCUT2D eigenvalue weighted by molar-refractivity contribution is 6.33. The van der Waals surface area contributed by atoms with Crippen molar-refractivity contribution >= 4 is 34.7 Å². The van der Waals surface area contributed by atoms with Crippen LogP contribution in [0.2, 0.25) is 5.02 Å². The number of amides is 1.